The molecule has 3 nitrogen and oxygen atoms in total. The third kappa shape index (κ3) is 6.31. The molecule has 0 fully saturated rings. The van der Waals surface area contributed by atoms with E-state index in [1.54, 1.807) is 14.0 Å². The van der Waals surface area contributed by atoms with Crippen molar-refractivity contribution in [3.05, 3.63) is 0 Å². The molecule has 0 aliphatic heterocycles. The Hall–Kier alpha value is -0.410. The smallest absolute Gasteiger partial charge is 0.157 e. The molecule has 0 aromatic carbocycles. The van der Waals surface area contributed by atoms with Crippen LogP contribution in [0.5, 0.6) is 0 Å². The minimum Gasteiger partial charge on any atom is -0.356 e. The van der Waals surface area contributed by atoms with Crippen LogP contribution in [-0.4, -0.2) is 25.8 Å². The normalized spacial score (nSPS) is 12.9. The second kappa shape index (κ2) is 7.25. The second-order valence-electron chi connectivity index (χ2n) is 2.78. The Bertz CT molecular complexity index is 123. The molecular weight excluding hydrogens is 156 g/mol. The predicted molar refractivity (Wildman–Crippen MR) is 47.0 cm³/mol. The average Bonchev–Trinajstić information content (AvgIpc) is 2.02. The molecule has 0 heterocycles. The summed E-state index contributed by atoms with van der Waals surface area (Å²) in [4.78, 5) is 10.6. The molecule has 72 valence electrons. The molecule has 0 aromatic rings. The van der Waals surface area contributed by atoms with Gasteiger partial charge in [-0.05, 0) is 13.3 Å². The van der Waals surface area contributed by atoms with Crippen molar-refractivity contribution in [3.63, 3.8) is 0 Å². The molecule has 0 N–H and O–H groups in total. The number of Topliss-reactive ketones (excluding diaryl/α,β-unsaturated/α-hetero) is 1. The van der Waals surface area contributed by atoms with Crippen molar-refractivity contribution < 1.29 is 14.3 Å². The fourth-order valence-corrected chi connectivity index (χ4v) is 0.839. The maximum atomic E-state index is 10.6. The number of carbonyl (C=O) groups excluding carboxylic acids is 1. The van der Waals surface area contributed by atoms with Crippen LogP contribution in [0.2, 0.25) is 0 Å². The first-order chi connectivity index (χ1) is 5.70. The Kier molecular flexibility index (Phi) is 7.00. The standard InChI is InChI=1S/C9H18O3/c1-4-5-9(11-3)12-7-6-8(2)10/h9H,4-7H2,1-3H3. The number of ether oxygens (including phenoxy) is 2. The van der Waals surface area contributed by atoms with Gasteiger partial charge < -0.3 is 9.47 Å². The highest BCUT2D eigenvalue weighted by molar-refractivity contribution is 5.75. The molecule has 12 heavy (non-hydrogen) atoms. The van der Waals surface area contributed by atoms with Gasteiger partial charge in [0, 0.05) is 13.5 Å². The van der Waals surface area contributed by atoms with Crippen molar-refractivity contribution in [2.75, 3.05) is 13.7 Å². The van der Waals surface area contributed by atoms with Gasteiger partial charge in [-0.1, -0.05) is 13.3 Å². The Morgan fingerprint density at radius 2 is 2.17 bits per heavy atom. The van der Waals surface area contributed by atoms with Crippen LogP contribution in [0.1, 0.15) is 33.1 Å². The number of carbonyl (C=O) groups is 1. The van der Waals surface area contributed by atoms with Gasteiger partial charge in [-0.15, -0.1) is 0 Å². The molecule has 3 heteroatoms. The second-order valence-corrected chi connectivity index (χ2v) is 2.78. The van der Waals surface area contributed by atoms with E-state index in [-0.39, 0.29) is 12.1 Å². The molecule has 0 saturated heterocycles. The van der Waals surface area contributed by atoms with Gasteiger partial charge in [0.1, 0.15) is 5.78 Å². The molecule has 1 unspecified atom stereocenters. The zero-order chi connectivity index (χ0) is 9.40. The van der Waals surface area contributed by atoms with Gasteiger partial charge in [0.15, 0.2) is 6.29 Å². The monoisotopic (exact) mass is 174 g/mol. The number of hydrogen-bond donors (Lipinski definition) is 0. The van der Waals surface area contributed by atoms with Gasteiger partial charge in [0.25, 0.3) is 0 Å². The summed E-state index contributed by atoms with van der Waals surface area (Å²) in [6.07, 6.45) is 2.24. The Balaban J connectivity index is 3.37. The van der Waals surface area contributed by atoms with E-state index in [9.17, 15) is 4.79 Å². The van der Waals surface area contributed by atoms with Crippen molar-refractivity contribution in [2.24, 2.45) is 0 Å². The fraction of sp³-hybridized carbons (Fsp3) is 0.889. The Morgan fingerprint density at radius 3 is 2.58 bits per heavy atom. The minimum atomic E-state index is -0.144. The van der Waals surface area contributed by atoms with Crippen LogP contribution in [-0.2, 0) is 14.3 Å². The summed E-state index contributed by atoms with van der Waals surface area (Å²) >= 11 is 0. The lowest BCUT2D eigenvalue weighted by atomic mass is 10.3. The fourth-order valence-electron chi connectivity index (χ4n) is 0.839. The van der Waals surface area contributed by atoms with Gasteiger partial charge in [0.2, 0.25) is 0 Å². The van der Waals surface area contributed by atoms with Crippen molar-refractivity contribution in [1.82, 2.24) is 0 Å². The summed E-state index contributed by atoms with van der Waals surface area (Å²) < 4.78 is 10.3. The van der Waals surface area contributed by atoms with Gasteiger partial charge in [-0.3, -0.25) is 4.79 Å². The first-order valence-electron chi connectivity index (χ1n) is 4.34. The summed E-state index contributed by atoms with van der Waals surface area (Å²) in [5, 5.41) is 0. The summed E-state index contributed by atoms with van der Waals surface area (Å²) in [5.74, 6) is 0.154. The molecule has 0 rings (SSSR count). The van der Waals surface area contributed by atoms with E-state index in [1.165, 1.54) is 0 Å². The number of hydrogen-bond acceptors (Lipinski definition) is 3. The van der Waals surface area contributed by atoms with Crippen LogP contribution in [0, 0.1) is 0 Å². The largest absolute Gasteiger partial charge is 0.356 e. The number of rotatable bonds is 7. The number of methoxy groups -OCH3 is 1. The van der Waals surface area contributed by atoms with Gasteiger partial charge in [-0.2, -0.15) is 0 Å². The van der Waals surface area contributed by atoms with E-state index in [0.717, 1.165) is 12.8 Å². The minimum absolute atomic E-state index is 0.144. The lowest BCUT2D eigenvalue weighted by Gasteiger charge is -2.14. The highest BCUT2D eigenvalue weighted by Crippen LogP contribution is 2.02. The molecule has 0 bridgehead atoms. The predicted octanol–water partition coefficient (Wildman–Crippen LogP) is 1.75. The molecule has 0 aliphatic carbocycles. The summed E-state index contributed by atoms with van der Waals surface area (Å²) in [7, 11) is 1.62. The quantitative estimate of drug-likeness (QED) is 0.552. The Labute approximate surface area is 74.0 Å². The molecular formula is C9H18O3. The van der Waals surface area contributed by atoms with Crippen LogP contribution in [0.4, 0.5) is 0 Å². The molecule has 0 radical (unpaired) electrons. The van der Waals surface area contributed by atoms with Crippen molar-refractivity contribution in [1.29, 1.82) is 0 Å². The molecule has 0 saturated carbocycles. The van der Waals surface area contributed by atoms with E-state index in [0.29, 0.717) is 13.0 Å². The maximum absolute atomic E-state index is 10.6. The van der Waals surface area contributed by atoms with Crippen LogP contribution in [0.15, 0.2) is 0 Å². The van der Waals surface area contributed by atoms with Gasteiger partial charge in [-0.25, -0.2) is 0 Å². The van der Waals surface area contributed by atoms with E-state index in [4.69, 9.17) is 9.47 Å². The molecule has 0 spiro atoms. The van der Waals surface area contributed by atoms with Crippen LogP contribution < -0.4 is 0 Å². The van der Waals surface area contributed by atoms with Crippen LogP contribution in [0.25, 0.3) is 0 Å². The highest BCUT2D eigenvalue weighted by atomic mass is 16.7. The van der Waals surface area contributed by atoms with E-state index >= 15 is 0 Å². The zero-order valence-electron chi connectivity index (χ0n) is 8.13. The van der Waals surface area contributed by atoms with Crippen molar-refractivity contribution in [3.8, 4) is 0 Å². The van der Waals surface area contributed by atoms with E-state index in [1.807, 2.05) is 0 Å². The lowest BCUT2D eigenvalue weighted by molar-refractivity contribution is -0.135. The Morgan fingerprint density at radius 1 is 1.50 bits per heavy atom. The number of ketones is 1. The SMILES string of the molecule is CCCC(OC)OCCC(C)=O. The first-order valence-corrected chi connectivity index (χ1v) is 4.34. The summed E-state index contributed by atoms with van der Waals surface area (Å²) in [6.45, 7) is 4.10. The van der Waals surface area contributed by atoms with E-state index < -0.39 is 0 Å². The molecule has 0 aromatic heterocycles. The molecule has 0 aliphatic rings. The van der Waals surface area contributed by atoms with Gasteiger partial charge >= 0.3 is 0 Å². The lowest BCUT2D eigenvalue weighted by Crippen LogP contribution is -2.16. The highest BCUT2D eigenvalue weighted by Gasteiger charge is 2.05. The van der Waals surface area contributed by atoms with Crippen LogP contribution in [0.3, 0.4) is 0 Å². The zero-order valence-corrected chi connectivity index (χ0v) is 8.13. The summed E-state index contributed by atoms with van der Waals surface area (Å²) in [5.41, 5.74) is 0. The maximum Gasteiger partial charge on any atom is 0.157 e. The van der Waals surface area contributed by atoms with Crippen molar-refractivity contribution >= 4 is 5.78 Å². The average molecular weight is 174 g/mol. The third-order valence-corrected chi connectivity index (χ3v) is 1.55. The van der Waals surface area contributed by atoms with E-state index in [2.05, 4.69) is 6.92 Å². The van der Waals surface area contributed by atoms with Crippen LogP contribution >= 0.6 is 0 Å². The first kappa shape index (κ1) is 11.6. The third-order valence-electron chi connectivity index (χ3n) is 1.55. The van der Waals surface area contributed by atoms with Crippen molar-refractivity contribution in [2.45, 2.75) is 39.4 Å². The topological polar surface area (TPSA) is 35.5 Å². The molecule has 1 atom stereocenters. The summed E-state index contributed by atoms with van der Waals surface area (Å²) in [6, 6.07) is 0. The van der Waals surface area contributed by atoms with Gasteiger partial charge in [0.05, 0.1) is 6.61 Å². The molecule has 0 amide bonds.